The summed E-state index contributed by atoms with van der Waals surface area (Å²) in [6, 6.07) is 8.28. The number of amides is 1. The molecule has 1 unspecified atom stereocenters. The maximum absolute atomic E-state index is 12.1. The van der Waals surface area contributed by atoms with E-state index in [2.05, 4.69) is 10.3 Å². The predicted octanol–water partition coefficient (Wildman–Crippen LogP) is 1.42. The van der Waals surface area contributed by atoms with E-state index >= 15 is 0 Å². The number of aliphatic hydroxyl groups is 1. The van der Waals surface area contributed by atoms with Crippen LogP contribution in [0.4, 0.5) is 0 Å². The number of carbonyl (C=O) groups excluding carboxylic acids is 1. The van der Waals surface area contributed by atoms with Gasteiger partial charge in [0.15, 0.2) is 5.43 Å². The fourth-order valence-corrected chi connectivity index (χ4v) is 2.12. The van der Waals surface area contributed by atoms with Gasteiger partial charge in [-0.2, -0.15) is 0 Å². The lowest BCUT2D eigenvalue weighted by atomic mass is 10.1. The molecule has 5 heteroatoms. The van der Waals surface area contributed by atoms with Crippen molar-refractivity contribution in [3.63, 3.8) is 0 Å². The minimum Gasteiger partial charge on any atom is -0.396 e. The monoisotopic (exact) mass is 274 g/mol. The summed E-state index contributed by atoms with van der Waals surface area (Å²) < 4.78 is 0. The van der Waals surface area contributed by atoms with E-state index in [-0.39, 0.29) is 29.7 Å². The van der Waals surface area contributed by atoms with E-state index in [1.807, 2.05) is 6.92 Å². The van der Waals surface area contributed by atoms with E-state index in [4.69, 9.17) is 5.11 Å². The molecule has 1 aromatic heterocycles. The molecule has 0 spiro atoms. The Kier molecular flexibility index (Phi) is 4.53. The van der Waals surface area contributed by atoms with Crippen molar-refractivity contribution in [2.75, 3.05) is 6.61 Å². The average molecular weight is 274 g/mol. The summed E-state index contributed by atoms with van der Waals surface area (Å²) in [5, 5.41) is 12.3. The third kappa shape index (κ3) is 3.05. The highest BCUT2D eigenvalue weighted by molar-refractivity contribution is 5.94. The van der Waals surface area contributed by atoms with Crippen molar-refractivity contribution in [1.82, 2.24) is 10.3 Å². The number of fused-ring (bicyclic) bond motifs is 1. The zero-order chi connectivity index (χ0) is 14.5. The first-order valence-electron chi connectivity index (χ1n) is 6.69. The maximum Gasteiger partial charge on any atom is 0.268 e. The van der Waals surface area contributed by atoms with Crippen molar-refractivity contribution in [3.05, 3.63) is 46.2 Å². The van der Waals surface area contributed by atoms with Crippen LogP contribution in [0.5, 0.6) is 0 Å². The molecule has 2 aromatic rings. The van der Waals surface area contributed by atoms with Crippen molar-refractivity contribution in [1.29, 1.82) is 0 Å². The number of pyridine rings is 1. The zero-order valence-corrected chi connectivity index (χ0v) is 11.3. The minimum atomic E-state index is -0.326. The molecule has 0 bridgehead atoms. The van der Waals surface area contributed by atoms with Crippen LogP contribution in [0, 0.1) is 0 Å². The Morgan fingerprint density at radius 1 is 1.40 bits per heavy atom. The number of para-hydroxylation sites is 1. The smallest absolute Gasteiger partial charge is 0.268 e. The second-order valence-electron chi connectivity index (χ2n) is 4.68. The van der Waals surface area contributed by atoms with Crippen molar-refractivity contribution >= 4 is 16.8 Å². The summed E-state index contributed by atoms with van der Waals surface area (Å²) in [7, 11) is 0. The molecule has 3 N–H and O–H groups in total. The first-order chi connectivity index (χ1) is 9.65. The number of aliphatic hydroxyl groups excluding tert-OH is 1. The van der Waals surface area contributed by atoms with Crippen LogP contribution in [0.15, 0.2) is 35.1 Å². The molecule has 0 aliphatic heterocycles. The van der Waals surface area contributed by atoms with Gasteiger partial charge in [0.1, 0.15) is 5.69 Å². The van der Waals surface area contributed by atoms with Crippen LogP contribution in [-0.4, -0.2) is 28.6 Å². The van der Waals surface area contributed by atoms with Crippen molar-refractivity contribution in [3.8, 4) is 0 Å². The number of aromatic amines is 1. The molecule has 0 saturated carbocycles. The van der Waals surface area contributed by atoms with Crippen LogP contribution in [0.3, 0.4) is 0 Å². The number of hydrogen-bond donors (Lipinski definition) is 3. The Hall–Kier alpha value is -2.14. The first-order valence-corrected chi connectivity index (χ1v) is 6.69. The number of aromatic nitrogens is 1. The molecule has 5 nitrogen and oxygen atoms in total. The molecule has 106 valence electrons. The number of hydrogen-bond acceptors (Lipinski definition) is 3. The Labute approximate surface area is 116 Å². The maximum atomic E-state index is 12.1. The lowest BCUT2D eigenvalue weighted by Gasteiger charge is -2.15. The van der Waals surface area contributed by atoms with Crippen molar-refractivity contribution < 1.29 is 9.90 Å². The van der Waals surface area contributed by atoms with Gasteiger partial charge >= 0.3 is 0 Å². The minimum absolute atomic E-state index is 0.0209. The van der Waals surface area contributed by atoms with E-state index in [0.29, 0.717) is 17.3 Å². The van der Waals surface area contributed by atoms with Gasteiger partial charge in [-0.3, -0.25) is 9.59 Å². The first kappa shape index (κ1) is 14.3. The Morgan fingerprint density at radius 2 is 2.15 bits per heavy atom. The van der Waals surface area contributed by atoms with Crippen LogP contribution >= 0.6 is 0 Å². The van der Waals surface area contributed by atoms with E-state index in [9.17, 15) is 9.59 Å². The Balaban J connectivity index is 2.28. The number of rotatable bonds is 5. The molecule has 0 aliphatic carbocycles. The highest BCUT2D eigenvalue weighted by atomic mass is 16.3. The number of carbonyl (C=O) groups is 1. The second kappa shape index (κ2) is 6.34. The third-order valence-corrected chi connectivity index (χ3v) is 3.29. The molecule has 0 radical (unpaired) electrons. The van der Waals surface area contributed by atoms with E-state index < -0.39 is 0 Å². The van der Waals surface area contributed by atoms with Gasteiger partial charge in [0.05, 0.1) is 0 Å². The molecular formula is C15H18N2O3. The summed E-state index contributed by atoms with van der Waals surface area (Å²) in [5.74, 6) is -0.326. The molecule has 1 heterocycles. The molecular weight excluding hydrogens is 256 g/mol. The predicted molar refractivity (Wildman–Crippen MR) is 77.8 cm³/mol. The van der Waals surface area contributed by atoms with Crippen LogP contribution in [0.1, 0.15) is 30.3 Å². The van der Waals surface area contributed by atoms with Crippen LogP contribution in [0.2, 0.25) is 0 Å². The van der Waals surface area contributed by atoms with E-state index in [1.165, 1.54) is 6.07 Å². The molecule has 2 rings (SSSR count). The summed E-state index contributed by atoms with van der Waals surface area (Å²) in [5.41, 5.74) is 0.699. The van der Waals surface area contributed by atoms with Gasteiger partial charge in [0, 0.05) is 29.6 Å². The quantitative estimate of drug-likeness (QED) is 0.771. The van der Waals surface area contributed by atoms with Gasteiger partial charge in [-0.1, -0.05) is 19.1 Å². The average Bonchev–Trinajstić information content (AvgIpc) is 2.46. The number of benzene rings is 1. The molecule has 1 aromatic carbocycles. The largest absolute Gasteiger partial charge is 0.396 e. The highest BCUT2D eigenvalue weighted by Crippen LogP contribution is 2.08. The number of nitrogens with one attached hydrogen (secondary N) is 2. The fraction of sp³-hybridized carbons (Fsp3) is 0.333. The van der Waals surface area contributed by atoms with Crippen LogP contribution in [0.25, 0.3) is 10.9 Å². The van der Waals surface area contributed by atoms with Crippen molar-refractivity contribution in [2.24, 2.45) is 0 Å². The van der Waals surface area contributed by atoms with E-state index in [0.717, 1.165) is 6.42 Å². The molecule has 20 heavy (non-hydrogen) atoms. The summed E-state index contributed by atoms with van der Waals surface area (Å²) in [4.78, 5) is 27.0. The Bertz CT molecular complexity index is 663. The lowest BCUT2D eigenvalue weighted by Crippen LogP contribution is -2.36. The molecule has 1 atom stereocenters. The van der Waals surface area contributed by atoms with E-state index in [1.54, 1.807) is 24.3 Å². The van der Waals surface area contributed by atoms with Gasteiger partial charge in [-0.05, 0) is 25.0 Å². The standard InChI is InChI=1S/C15H18N2O3/c1-2-10(7-8-18)16-15(20)13-9-14(19)11-5-3-4-6-12(11)17-13/h3-6,9-10,18H,2,7-8H2,1H3,(H,16,20)(H,17,19). The molecule has 0 saturated heterocycles. The van der Waals surface area contributed by atoms with Gasteiger partial charge in [0.2, 0.25) is 0 Å². The topological polar surface area (TPSA) is 82.2 Å². The summed E-state index contributed by atoms with van der Waals surface area (Å²) >= 11 is 0. The number of H-pyrrole nitrogens is 1. The summed E-state index contributed by atoms with van der Waals surface area (Å²) in [6.45, 7) is 1.96. The van der Waals surface area contributed by atoms with Gasteiger partial charge < -0.3 is 15.4 Å². The fourth-order valence-electron chi connectivity index (χ4n) is 2.12. The molecule has 0 fully saturated rings. The second-order valence-corrected chi connectivity index (χ2v) is 4.68. The third-order valence-electron chi connectivity index (χ3n) is 3.29. The van der Waals surface area contributed by atoms with Crippen LogP contribution < -0.4 is 10.7 Å². The SMILES string of the molecule is CCC(CCO)NC(=O)c1cc(=O)c2ccccc2[nH]1. The van der Waals surface area contributed by atoms with Gasteiger partial charge in [-0.15, -0.1) is 0 Å². The lowest BCUT2D eigenvalue weighted by molar-refractivity contribution is 0.0924. The van der Waals surface area contributed by atoms with Gasteiger partial charge in [-0.25, -0.2) is 0 Å². The highest BCUT2D eigenvalue weighted by Gasteiger charge is 2.13. The van der Waals surface area contributed by atoms with Gasteiger partial charge in [0.25, 0.3) is 5.91 Å². The Morgan fingerprint density at radius 3 is 2.85 bits per heavy atom. The van der Waals surface area contributed by atoms with Crippen molar-refractivity contribution in [2.45, 2.75) is 25.8 Å². The zero-order valence-electron chi connectivity index (χ0n) is 11.3. The summed E-state index contributed by atoms with van der Waals surface area (Å²) in [6.07, 6.45) is 1.23. The normalized spacial score (nSPS) is 12.3. The molecule has 1 amide bonds. The van der Waals surface area contributed by atoms with Crippen LogP contribution in [-0.2, 0) is 0 Å². The molecule has 0 aliphatic rings.